The molecule has 0 aliphatic rings. The van der Waals surface area contributed by atoms with Gasteiger partial charge in [0, 0.05) is 5.69 Å². The molecule has 2 rings (SSSR count). The summed E-state index contributed by atoms with van der Waals surface area (Å²) in [5, 5.41) is 6.89. The van der Waals surface area contributed by atoms with Crippen molar-refractivity contribution >= 4 is 28.8 Å². The molecule has 128 valence electrons. The summed E-state index contributed by atoms with van der Waals surface area (Å²) >= 11 is 0.735. The van der Waals surface area contributed by atoms with Gasteiger partial charge in [-0.25, -0.2) is 17.6 Å². The van der Waals surface area contributed by atoms with Gasteiger partial charge >= 0.3 is 0 Å². The molecule has 0 aliphatic heterocycles. The van der Waals surface area contributed by atoms with Gasteiger partial charge in [0.05, 0.1) is 10.6 Å². The molecule has 0 amide bonds. The lowest BCUT2D eigenvalue weighted by Gasteiger charge is -2.08. The molecule has 0 saturated carbocycles. The molecular weight excluding hydrogens is 342 g/mol. The number of hydrogen-bond donors (Lipinski definition) is 1. The number of halogens is 4. The van der Waals surface area contributed by atoms with E-state index in [0.29, 0.717) is 17.9 Å². The summed E-state index contributed by atoms with van der Waals surface area (Å²) in [7, 11) is 0. The van der Waals surface area contributed by atoms with Gasteiger partial charge in [-0.3, -0.25) is 0 Å². The number of benzene rings is 2. The van der Waals surface area contributed by atoms with Crippen molar-refractivity contribution in [1.29, 1.82) is 0 Å². The van der Waals surface area contributed by atoms with Crippen molar-refractivity contribution in [1.82, 2.24) is 0 Å². The highest BCUT2D eigenvalue weighted by Crippen LogP contribution is 2.36. The zero-order valence-corrected chi connectivity index (χ0v) is 13.6. The Morgan fingerprint density at radius 1 is 0.917 bits per heavy atom. The molecule has 0 heterocycles. The minimum Gasteiger partial charge on any atom is -0.399 e. The average molecular weight is 357 g/mol. The second kappa shape index (κ2) is 8.14. The van der Waals surface area contributed by atoms with E-state index in [1.54, 1.807) is 0 Å². The summed E-state index contributed by atoms with van der Waals surface area (Å²) in [6.07, 6.45) is 1.47. The second-order valence-electron chi connectivity index (χ2n) is 4.93. The van der Waals surface area contributed by atoms with E-state index in [2.05, 4.69) is 10.2 Å². The average Bonchev–Trinajstić information content (AvgIpc) is 2.58. The lowest BCUT2D eigenvalue weighted by Crippen LogP contribution is -1.99. The van der Waals surface area contributed by atoms with Crippen molar-refractivity contribution in [3.05, 3.63) is 47.5 Å². The van der Waals surface area contributed by atoms with Crippen molar-refractivity contribution in [3.8, 4) is 0 Å². The number of nitrogens with zero attached hydrogens (tertiary/aromatic N) is 2. The first-order valence-electron chi connectivity index (χ1n) is 7.21. The zero-order chi connectivity index (χ0) is 17.7. The molecule has 2 aromatic carbocycles. The van der Waals surface area contributed by atoms with Crippen LogP contribution < -0.4 is 5.73 Å². The standard InChI is InChI=1S/C16H15F4N3S/c1-2-3-8-24-16-13(19)11(17)15(12(18)14(16)20)23-22-10-6-4-9(21)5-7-10/h4-7H,2-3,8,21H2,1H3. The maximum absolute atomic E-state index is 14.0. The third-order valence-corrected chi connectivity index (χ3v) is 4.24. The van der Waals surface area contributed by atoms with Gasteiger partial charge in [-0.1, -0.05) is 13.3 Å². The monoisotopic (exact) mass is 357 g/mol. The number of nitrogen functional groups attached to an aromatic ring is 1. The summed E-state index contributed by atoms with van der Waals surface area (Å²) in [5.74, 6) is -5.68. The summed E-state index contributed by atoms with van der Waals surface area (Å²) in [5.41, 5.74) is 5.11. The van der Waals surface area contributed by atoms with E-state index >= 15 is 0 Å². The van der Waals surface area contributed by atoms with Crippen LogP contribution in [0.1, 0.15) is 19.8 Å². The van der Waals surface area contributed by atoms with Crippen LogP contribution in [0.25, 0.3) is 0 Å². The Morgan fingerprint density at radius 2 is 1.50 bits per heavy atom. The van der Waals surface area contributed by atoms with Crippen LogP contribution in [-0.2, 0) is 0 Å². The number of nitrogens with two attached hydrogens (primary N) is 1. The highest BCUT2D eigenvalue weighted by atomic mass is 32.2. The van der Waals surface area contributed by atoms with E-state index in [9.17, 15) is 17.6 Å². The Labute approximate surface area is 141 Å². The molecule has 0 fully saturated rings. The molecule has 0 unspecified atom stereocenters. The minimum absolute atomic E-state index is 0.241. The van der Waals surface area contributed by atoms with Gasteiger partial charge < -0.3 is 5.73 Å². The molecule has 0 radical (unpaired) electrons. The second-order valence-corrected chi connectivity index (χ2v) is 6.03. The molecule has 8 heteroatoms. The predicted octanol–water partition coefficient (Wildman–Crippen LogP) is 6.13. The Balaban J connectivity index is 2.35. The van der Waals surface area contributed by atoms with Crippen LogP contribution in [0.3, 0.4) is 0 Å². The lowest BCUT2D eigenvalue weighted by atomic mass is 10.2. The van der Waals surface area contributed by atoms with Crippen LogP contribution in [0.4, 0.5) is 34.6 Å². The fourth-order valence-electron chi connectivity index (χ4n) is 1.78. The summed E-state index contributed by atoms with van der Waals surface area (Å²) < 4.78 is 56.0. The molecule has 2 N–H and O–H groups in total. The Hall–Kier alpha value is -2.09. The minimum atomic E-state index is -1.56. The van der Waals surface area contributed by atoms with Gasteiger partial charge in [-0.2, -0.15) is 5.11 Å². The van der Waals surface area contributed by atoms with Crippen molar-refractivity contribution in [3.63, 3.8) is 0 Å². The maximum Gasteiger partial charge on any atom is 0.190 e. The third kappa shape index (κ3) is 4.05. The topological polar surface area (TPSA) is 50.7 Å². The van der Waals surface area contributed by atoms with E-state index in [0.717, 1.165) is 18.2 Å². The van der Waals surface area contributed by atoms with Gasteiger partial charge in [0.2, 0.25) is 0 Å². The summed E-state index contributed by atoms with van der Waals surface area (Å²) in [6, 6.07) is 5.93. The molecule has 0 atom stereocenters. The SMILES string of the molecule is CCCCSc1c(F)c(F)c(N=Nc2ccc(N)cc2)c(F)c1F. The summed E-state index contributed by atoms with van der Waals surface area (Å²) in [6.45, 7) is 1.90. The van der Waals surface area contributed by atoms with E-state index in [1.165, 1.54) is 24.3 Å². The van der Waals surface area contributed by atoms with Gasteiger partial charge in [0.25, 0.3) is 0 Å². The smallest absolute Gasteiger partial charge is 0.190 e. The molecule has 2 aromatic rings. The van der Waals surface area contributed by atoms with Crippen molar-refractivity contribution in [2.75, 3.05) is 11.5 Å². The number of thioether (sulfide) groups is 1. The number of rotatable bonds is 6. The molecular formula is C16H15F4N3S. The highest BCUT2D eigenvalue weighted by molar-refractivity contribution is 7.99. The molecule has 0 spiro atoms. The number of hydrogen-bond acceptors (Lipinski definition) is 4. The normalized spacial score (nSPS) is 11.4. The fourth-order valence-corrected chi connectivity index (χ4v) is 2.85. The molecule has 24 heavy (non-hydrogen) atoms. The van der Waals surface area contributed by atoms with Crippen molar-refractivity contribution < 1.29 is 17.6 Å². The van der Waals surface area contributed by atoms with Gasteiger partial charge in [0.1, 0.15) is 0 Å². The maximum atomic E-state index is 14.0. The first-order chi connectivity index (χ1) is 11.5. The van der Waals surface area contributed by atoms with E-state index < -0.39 is 33.9 Å². The molecule has 3 nitrogen and oxygen atoms in total. The molecule has 0 bridgehead atoms. The lowest BCUT2D eigenvalue weighted by molar-refractivity contribution is 0.428. The van der Waals surface area contributed by atoms with Gasteiger partial charge in [0.15, 0.2) is 29.0 Å². The third-order valence-electron chi connectivity index (χ3n) is 3.10. The molecule has 0 aliphatic carbocycles. The number of unbranched alkanes of at least 4 members (excludes halogenated alkanes) is 1. The van der Waals surface area contributed by atoms with E-state index in [1.807, 2.05) is 6.92 Å². The van der Waals surface area contributed by atoms with Gasteiger partial charge in [-0.15, -0.1) is 16.9 Å². The van der Waals surface area contributed by atoms with E-state index in [-0.39, 0.29) is 5.69 Å². The van der Waals surface area contributed by atoms with Crippen LogP contribution in [0, 0.1) is 23.3 Å². The first-order valence-corrected chi connectivity index (χ1v) is 8.20. The summed E-state index contributed by atoms with van der Waals surface area (Å²) in [4.78, 5) is -0.676. The quantitative estimate of drug-likeness (QED) is 0.169. The Kier molecular flexibility index (Phi) is 6.19. The fraction of sp³-hybridized carbons (Fsp3) is 0.250. The van der Waals surface area contributed by atoms with Crippen LogP contribution in [-0.4, -0.2) is 5.75 Å². The van der Waals surface area contributed by atoms with Gasteiger partial charge in [-0.05, 0) is 36.4 Å². The predicted molar refractivity (Wildman–Crippen MR) is 86.9 cm³/mol. The largest absolute Gasteiger partial charge is 0.399 e. The van der Waals surface area contributed by atoms with Crippen molar-refractivity contribution in [2.24, 2.45) is 10.2 Å². The molecule has 0 aromatic heterocycles. The van der Waals surface area contributed by atoms with E-state index in [4.69, 9.17) is 5.73 Å². The highest BCUT2D eigenvalue weighted by Gasteiger charge is 2.25. The number of anilines is 1. The Bertz CT molecular complexity index is 719. The van der Waals surface area contributed by atoms with Crippen LogP contribution in [0.5, 0.6) is 0 Å². The molecule has 0 saturated heterocycles. The van der Waals surface area contributed by atoms with Crippen LogP contribution in [0.15, 0.2) is 39.4 Å². The zero-order valence-electron chi connectivity index (χ0n) is 12.8. The van der Waals surface area contributed by atoms with Crippen LogP contribution >= 0.6 is 11.8 Å². The van der Waals surface area contributed by atoms with Crippen molar-refractivity contribution in [2.45, 2.75) is 24.7 Å². The Morgan fingerprint density at radius 3 is 2.04 bits per heavy atom. The first kappa shape index (κ1) is 18.3. The number of azo groups is 1. The van der Waals surface area contributed by atoms with Crippen LogP contribution in [0.2, 0.25) is 0 Å².